The van der Waals surface area contributed by atoms with E-state index in [1.165, 1.54) is 18.4 Å². The average molecular weight is 461 g/mol. The zero-order valence-electron chi connectivity index (χ0n) is 17.7. The number of benzene rings is 2. The van der Waals surface area contributed by atoms with Gasteiger partial charge >= 0.3 is 6.09 Å². The molecule has 1 heterocycles. The number of amides is 1. The van der Waals surface area contributed by atoms with Crippen LogP contribution in [0.1, 0.15) is 43.2 Å². The molecule has 1 saturated carbocycles. The van der Waals surface area contributed by atoms with Gasteiger partial charge in [-0.2, -0.15) is 0 Å². The van der Waals surface area contributed by atoms with E-state index in [4.69, 9.17) is 27.9 Å². The van der Waals surface area contributed by atoms with Crippen molar-refractivity contribution in [2.24, 2.45) is 5.92 Å². The molecule has 2 atom stereocenters. The molecule has 2 aliphatic rings. The summed E-state index contributed by atoms with van der Waals surface area (Å²) < 4.78 is 5.44. The van der Waals surface area contributed by atoms with Crippen LogP contribution < -0.4 is 5.32 Å². The maximum atomic E-state index is 12.4. The van der Waals surface area contributed by atoms with Crippen LogP contribution in [0.3, 0.4) is 0 Å². The third-order valence-corrected chi connectivity index (χ3v) is 7.28. The molecule has 0 spiro atoms. The molecule has 6 heteroatoms. The lowest BCUT2D eigenvalue weighted by Gasteiger charge is -2.38. The Hall–Kier alpha value is -1.75. The van der Waals surface area contributed by atoms with Crippen LogP contribution in [0.5, 0.6) is 0 Å². The van der Waals surface area contributed by atoms with E-state index < -0.39 is 0 Å². The molecule has 0 unspecified atom stereocenters. The van der Waals surface area contributed by atoms with Crippen molar-refractivity contribution >= 4 is 29.3 Å². The van der Waals surface area contributed by atoms with Crippen molar-refractivity contribution in [3.05, 3.63) is 69.7 Å². The SMILES string of the molecule is O=C(N[C@@H]1CCC[C@H]1N1CCC(Cc2ccc(Cl)cc2)CC1)OCc1ccccc1Cl. The normalized spacial score (nSPS) is 22.4. The van der Waals surface area contributed by atoms with E-state index in [1.54, 1.807) is 0 Å². The summed E-state index contributed by atoms with van der Waals surface area (Å²) in [5.74, 6) is 0.714. The second kappa shape index (κ2) is 10.7. The first-order chi connectivity index (χ1) is 15.1. The summed E-state index contributed by atoms with van der Waals surface area (Å²) in [5, 5.41) is 4.53. The summed E-state index contributed by atoms with van der Waals surface area (Å²) >= 11 is 12.2. The van der Waals surface area contributed by atoms with Gasteiger partial charge in [0.1, 0.15) is 6.61 Å². The molecule has 1 amide bonds. The van der Waals surface area contributed by atoms with Crippen LogP contribution >= 0.6 is 23.2 Å². The van der Waals surface area contributed by atoms with Crippen molar-refractivity contribution in [2.75, 3.05) is 13.1 Å². The summed E-state index contributed by atoms with van der Waals surface area (Å²) in [6.07, 6.45) is 6.45. The summed E-state index contributed by atoms with van der Waals surface area (Å²) in [7, 11) is 0. The Bertz CT molecular complexity index is 866. The molecule has 1 aliphatic carbocycles. The molecule has 31 heavy (non-hydrogen) atoms. The van der Waals surface area contributed by atoms with Crippen molar-refractivity contribution in [1.82, 2.24) is 10.2 Å². The lowest BCUT2D eigenvalue weighted by atomic mass is 9.89. The van der Waals surface area contributed by atoms with Crippen molar-refractivity contribution in [1.29, 1.82) is 0 Å². The fraction of sp³-hybridized carbons (Fsp3) is 0.480. The molecule has 1 N–H and O–H groups in total. The number of likely N-dealkylation sites (tertiary alicyclic amines) is 1. The van der Waals surface area contributed by atoms with Gasteiger partial charge in [0.15, 0.2) is 0 Å². The number of piperidine rings is 1. The molecule has 0 bridgehead atoms. The monoisotopic (exact) mass is 460 g/mol. The van der Waals surface area contributed by atoms with Gasteiger partial charge in [0.2, 0.25) is 0 Å². The van der Waals surface area contributed by atoms with Gasteiger partial charge in [-0.15, -0.1) is 0 Å². The van der Waals surface area contributed by atoms with E-state index in [2.05, 4.69) is 22.3 Å². The van der Waals surface area contributed by atoms with Gasteiger partial charge in [0.25, 0.3) is 0 Å². The number of halogens is 2. The molecular formula is C25H30Cl2N2O2. The molecule has 1 saturated heterocycles. The Morgan fingerprint density at radius 3 is 2.48 bits per heavy atom. The molecule has 166 valence electrons. The minimum atomic E-state index is -0.352. The van der Waals surface area contributed by atoms with E-state index in [0.29, 0.717) is 17.0 Å². The fourth-order valence-corrected chi connectivity index (χ4v) is 5.26. The zero-order valence-corrected chi connectivity index (χ0v) is 19.2. The molecular weight excluding hydrogens is 431 g/mol. The number of nitrogens with zero attached hydrogens (tertiary/aromatic N) is 1. The quantitative estimate of drug-likeness (QED) is 0.566. The third kappa shape index (κ3) is 6.15. The highest BCUT2D eigenvalue weighted by atomic mass is 35.5. The smallest absolute Gasteiger partial charge is 0.407 e. The zero-order chi connectivity index (χ0) is 21.6. The standard InChI is InChI=1S/C25H30Cl2N2O2/c26-21-10-8-18(9-11-21)16-19-12-14-29(15-13-19)24-7-3-6-23(24)28-25(30)31-17-20-4-1-2-5-22(20)27/h1-2,4-5,8-11,19,23-24H,3,6-7,12-17H2,(H,28,30)/t23-,24-/m1/s1. The van der Waals surface area contributed by atoms with E-state index >= 15 is 0 Å². The Morgan fingerprint density at radius 1 is 1.00 bits per heavy atom. The van der Waals surface area contributed by atoms with Crippen LogP contribution in [0.25, 0.3) is 0 Å². The lowest BCUT2D eigenvalue weighted by molar-refractivity contribution is 0.104. The largest absolute Gasteiger partial charge is 0.445 e. The van der Waals surface area contributed by atoms with Gasteiger partial charge in [-0.05, 0) is 81.3 Å². The second-order valence-electron chi connectivity index (χ2n) is 8.73. The Morgan fingerprint density at radius 2 is 1.74 bits per heavy atom. The van der Waals surface area contributed by atoms with E-state index in [-0.39, 0.29) is 18.7 Å². The van der Waals surface area contributed by atoms with Crippen LogP contribution in [0, 0.1) is 5.92 Å². The van der Waals surface area contributed by atoms with Gasteiger partial charge in [-0.3, -0.25) is 4.90 Å². The highest BCUT2D eigenvalue weighted by molar-refractivity contribution is 6.31. The van der Waals surface area contributed by atoms with Gasteiger partial charge < -0.3 is 10.1 Å². The molecule has 0 aromatic heterocycles. The third-order valence-electron chi connectivity index (χ3n) is 6.66. The van der Waals surface area contributed by atoms with Gasteiger partial charge in [-0.25, -0.2) is 4.79 Å². The number of hydrogen-bond acceptors (Lipinski definition) is 3. The fourth-order valence-electron chi connectivity index (χ4n) is 4.94. The first-order valence-corrected chi connectivity index (χ1v) is 12.0. The summed E-state index contributed by atoms with van der Waals surface area (Å²) in [5.41, 5.74) is 2.19. The highest BCUT2D eigenvalue weighted by Crippen LogP contribution is 2.30. The number of nitrogens with one attached hydrogen (secondary N) is 1. The number of hydrogen-bond donors (Lipinski definition) is 1. The first kappa shape index (κ1) is 22.4. The molecule has 0 radical (unpaired) electrons. The summed E-state index contributed by atoms with van der Waals surface area (Å²) in [6, 6.07) is 16.2. The van der Waals surface area contributed by atoms with Gasteiger partial charge in [0.05, 0.1) is 0 Å². The number of carbonyl (C=O) groups excluding carboxylic acids is 1. The van der Waals surface area contributed by atoms with E-state index in [9.17, 15) is 4.79 Å². The number of alkyl carbamates (subject to hydrolysis) is 1. The summed E-state index contributed by atoms with van der Waals surface area (Å²) in [6.45, 7) is 2.38. The number of rotatable bonds is 6. The van der Waals surface area contributed by atoms with Gasteiger partial charge in [-0.1, -0.05) is 53.5 Å². The topological polar surface area (TPSA) is 41.6 Å². The highest BCUT2D eigenvalue weighted by Gasteiger charge is 2.35. The molecule has 4 nitrogen and oxygen atoms in total. The molecule has 2 aromatic carbocycles. The first-order valence-electron chi connectivity index (χ1n) is 11.2. The number of ether oxygens (including phenoxy) is 1. The Balaban J connectivity index is 1.23. The predicted molar refractivity (Wildman–Crippen MR) is 126 cm³/mol. The predicted octanol–water partition coefficient (Wildman–Crippen LogP) is 6.10. The van der Waals surface area contributed by atoms with Crippen molar-refractivity contribution in [3.8, 4) is 0 Å². The van der Waals surface area contributed by atoms with Crippen molar-refractivity contribution in [2.45, 2.75) is 57.2 Å². The molecule has 4 rings (SSSR count). The lowest BCUT2D eigenvalue weighted by Crippen LogP contribution is -2.51. The minimum absolute atomic E-state index is 0.159. The van der Waals surface area contributed by atoms with E-state index in [0.717, 1.165) is 49.4 Å². The maximum absolute atomic E-state index is 12.4. The van der Waals surface area contributed by atoms with Crippen molar-refractivity contribution < 1.29 is 9.53 Å². The van der Waals surface area contributed by atoms with Crippen LogP contribution in [-0.2, 0) is 17.8 Å². The minimum Gasteiger partial charge on any atom is -0.445 e. The number of carbonyl (C=O) groups is 1. The second-order valence-corrected chi connectivity index (χ2v) is 9.57. The Kier molecular flexibility index (Phi) is 7.76. The molecule has 2 aromatic rings. The molecule has 2 fully saturated rings. The molecule has 1 aliphatic heterocycles. The van der Waals surface area contributed by atoms with Crippen LogP contribution in [0.4, 0.5) is 4.79 Å². The van der Waals surface area contributed by atoms with Crippen LogP contribution in [0.15, 0.2) is 48.5 Å². The Labute approximate surface area is 194 Å². The van der Waals surface area contributed by atoms with Crippen LogP contribution in [-0.4, -0.2) is 36.2 Å². The van der Waals surface area contributed by atoms with Crippen molar-refractivity contribution in [3.63, 3.8) is 0 Å². The summed E-state index contributed by atoms with van der Waals surface area (Å²) in [4.78, 5) is 15.0. The van der Waals surface area contributed by atoms with Gasteiger partial charge in [0, 0.05) is 27.7 Å². The van der Waals surface area contributed by atoms with Crippen LogP contribution in [0.2, 0.25) is 10.0 Å². The van der Waals surface area contributed by atoms with E-state index in [1.807, 2.05) is 36.4 Å². The average Bonchev–Trinajstić information content (AvgIpc) is 3.23. The maximum Gasteiger partial charge on any atom is 0.407 e.